The second-order valence-electron chi connectivity index (χ2n) is 7.68. The van der Waals surface area contributed by atoms with Crippen LogP contribution in [0.3, 0.4) is 0 Å². The number of carbonyl (C=O) groups excluding carboxylic acids is 2. The van der Waals surface area contributed by atoms with E-state index < -0.39 is 0 Å². The van der Waals surface area contributed by atoms with E-state index in [-0.39, 0.29) is 35.5 Å². The molecule has 3 fully saturated rings. The monoisotopic (exact) mass is 361 g/mol. The minimum atomic E-state index is -0.215. The molecule has 2 bridgehead atoms. The number of nitrogens with zero attached hydrogens (tertiary/aromatic N) is 1. The summed E-state index contributed by atoms with van der Waals surface area (Å²) in [6, 6.07) is 3.37. The van der Waals surface area contributed by atoms with Crippen molar-refractivity contribution in [1.82, 2.24) is 15.5 Å². The fraction of sp³-hybridized carbons (Fsp3) is 0.684. The van der Waals surface area contributed by atoms with Gasteiger partial charge in [-0.2, -0.15) is 0 Å². The summed E-state index contributed by atoms with van der Waals surface area (Å²) in [4.78, 5) is 26.5. The SMILES string of the molecule is CCCCNC(=O)N1C[C@@H]2[C@H](CNC(=O)c3ccco3)[C@H]3CC[C@]2(C1)O3. The van der Waals surface area contributed by atoms with Crippen LogP contribution in [0.5, 0.6) is 0 Å². The van der Waals surface area contributed by atoms with Gasteiger partial charge in [-0.3, -0.25) is 4.79 Å². The molecule has 142 valence electrons. The zero-order chi connectivity index (χ0) is 18.1. The second kappa shape index (κ2) is 6.95. The van der Waals surface area contributed by atoms with Gasteiger partial charge in [0.25, 0.3) is 5.91 Å². The number of ether oxygens (including phenoxy) is 1. The first-order chi connectivity index (χ1) is 12.6. The number of rotatable bonds is 6. The summed E-state index contributed by atoms with van der Waals surface area (Å²) in [6.45, 7) is 4.75. The molecule has 0 saturated carbocycles. The highest BCUT2D eigenvalue weighted by atomic mass is 16.5. The summed E-state index contributed by atoms with van der Waals surface area (Å²) in [5.41, 5.74) is -0.215. The van der Waals surface area contributed by atoms with E-state index in [1.165, 1.54) is 6.26 Å². The van der Waals surface area contributed by atoms with Crippen molar-refractivity contribution in [2.24, 2.45) is 11.8 Å². The van der Waals surface area contributed by atoms with Crippen LogP contribution in [0.25, 0.3) is 0 Å². The lowest BCUT2D eigenvalue weighted by Crippen LogP contribution is -2.41. The molecule has 2 N–H and O–H groups in total. The van der Waals surface area contributed by atoms with Gasteiger partial charge in [0, 0.05) is 31.5 Å². The van der Waals surface area contributed by atoms with E-state index in [1.54, 1.807) is 12.1 Å². The Morgan fingerprint density at radius 2 is 2.27 bits per heavy atom. The van der Waals surface area contributed by atoms with Crippen LogP contribution >= 0.6 is 0 Å². The Morgan fingerprint density at radius 3 is 3.04 bits per heavy atom. The minimum Gasteiger partial charge on any atom is -0.459 e. The molecule has 0 aliphatic carbocycles. The summed E-state index contributed by atoms with van der Waals surface area (Å²) in [5, 5.41) is 5.98. The molecule has 1 spiro atoms. The normalized spacial score (nSPS) is 31.9. The summed E-state index contributed by atoms with van der Waals surface area (Å²) in [6.07, 6.45) is 5.74. The number of likely N-dealkylation sites (tertiary alicyclic amines) is 1. The molecule has 0 unspecified atom stereocenters. The molecule has 3 aliphatic heterocycles. The molecule has 0 aromatic carbocycles. The molecule has 1 aromatic rings. The Kier molecular flexibility index (Phi) is 4.65. The van der Waals surface area contributed by atoms with Crippen molar-refractivity contribution in [3.8, 4) is 0 Å². The van der Waals surface area contributed by atoms with Crippen molar-refractivity contribution in [2.75, 3.05) is 26.2 Å². The van der Waals surface area contributed by atoms with Crippen molar-refractivity contribution in [1.29, 1.82) is 0 Å². The van der Waals surface area contributed by atoms with E-state index in [2.05, 4.69) is 17.6 Å². The van der Waals surface area contributed by atoms with Crippen LogP contribution in [0, 0.1) is 11.8 Å². The van der Waals surface area contributed by atoms with Gasteiger partial charge in [-0.05, 0) is 31.4 Å². The standard InChI is InChI=1S/C19H27N3O4/c1-2-3-8-20-18(24)22-11-14-13(15-6-7-19(14,12-22)26-15)10-21-17(23)16-5-4-9-25-16/h4-5,9,13-15H,2-3,6-8,10-12H2,1H3,(H,20,24)(H,21,23)/t13-,14+,15+,19+/m0/s1. The molecule has 4 heterocycles. The molecule has 26 heavy (non-hydrogen) atoms. The lowest BCUT2D eigenvalue weighted by atomic mass is 9.73. The number of urea groups is 1. The van der Waals surface area contributed by atoms with Gasteiger partial charge < -0.3 is 24.7 Å². The van der Waals surface area contributed by atoms with Gasteiger partial charge in [-0.1, -0.05) is 13.3 Å². The van der Waals surface area contributed by atoms with Crippen LogP contribution in [0.4, 0.5) is 4.79 Å². The van der Waals surface area contributed by atoms with Crippen LogP contribution in [-0.4, -0.2) is 54.7 Å². The summed E-state index contributed by atoms with van der Waals surface area (Å²) in [5.74, 6) is 0.664. The summed E-state index contributed by atoms with van der Waals surface area (Å²) < 4.78 is 11.5. The number of carbonyl (C=O) groups is 2. The number of hydrogen-bond acceptors (Lipinski definition) is 4. The molecule has 7 nitrogen and oxygen atoms in total. The van der Waals surface area contributed by atoms with Crippen molar-refractivity contribution < 1.29 is 18.7 Å². The molecule has 4 atom stereocenters. The Morgan fingerprint density at radius 1 is 1.38 bits per heavy atom. The first-order valence-electron chi connectivity index (χ1n) is 9.65. The largest absolute Gasteiger partial charge is 0.459 e. The third kappa shape index (κ3) is 2.98. The topological polar surface area (TPSA) is 83.8 Å². The Labute approximate surface area is 153 Å². The number of furan rings is 1. The average Bonchev–Trinajstić information content (AvgIpc) is 3.39. The van der Waals surface area contributed by atoms with E-state index in [4.69, 9.17) is 9.15 Å². The minimum absolute atomic E-state index is 0.00708. The Bertz CT molecular complexity index is 662. The third-order valence-corrected chi connectivity index (χ3v) is 6.12. The molecular weight excluding hydrogens is 334 g/mol. The van der Waals surface area contributed by atoms with Gasteiger partial charge in [-0.15, -0.1) is 0 Å². The van der Waals surface area contributed by atoms with Crippen molar-refractivity contribution >= 4 is 11.9 Å². The molecule has 7 heteroatoms. The van der Waals surface area contributed by atoms with Crippen molar-refractivity contribution in [3.05, 3.63) is 24.2 Å². The summed E-state index contributed by atoms with van der Waals surface area (Å²) >= 11 is 0. The van der Waals surface area contributed by atoms with Crippen LogP contribution in [-0.2, 0) is 4.74 Å². The summed E-state index contributed by atoms with van der Waals surface area (Å²) in [7, 11) is 0. The van der Waals surface area contributed by atoms with Gasteiger partial charge in [0.05, 0.1) is 24.5 Å². The van der Waals surface area contributed by atoms with Gasteiger partial charge in [-0.25, -0.2) is 4.79 Å². The number of nitrogens with one attached hydrogen (secondary N) is 2. The van der Waals surface area contributed by atoms with Gasteiger partial charge in [0.2, 0.25) is 0 Å². The number of amides is 3. The Hall–Kier alpha value is -2.02. The maximum absolute atomic E-state index is 12.4. The molecule has 1 aromatic heterocycles. The smallest absolute Gasteiger partial charge is 0.317 e. The second-order valence-corrected chi connectivity index (χ2v) is 7.68. The molecule has 0 radical (unpaired) electrons. The highest BCUT2D eigenvalue weighted by Crippen LogP contribution is 2.54. The first kappa shape index (κ1) is 17.4. The van der Waals surface area contributed by atoms with Gasteiger partial charge >= 0.3 is 6.03 Å². The predicted molar refractivity (Wildman–Crippen MR) is 94.7 cm³/mol. The van der Waals surface area contributed by atoms with Crippen molar-refractivity contribution in [2.45, 2.75) is 44.3 Å². The molecule has 3 saturated heterocycles. The quantitative estimate of drug-likeness (QED) is 0.759. The average molecular weight is 361 g/mol. The first-order valence-corrected chi connectivity index (χ1v) is 9.65. The fourth-order valence-corrected chi connectivity index (χ4v) is 4.81. The van der Waals surface area contributed by atoms with Gasteiger partial charge in [0.15, 0.2) is 5.76 Å². The van der Waals surface area contributed by atoms with E-state index in [1.807, 2.05) is 4.90 Å². The highest BCUT2D eigenvalue weighted by molar-refractivity contribution is 5.91. The van der Waals surface area contributed by atoms with Crippen molar-refractivity contribution in [3.63, 3.8) is 0 Å². The zero-order valence-corrected chi connectivity index (χ0v) is 15.2. The fourth-order valence-electron chi connectivity index (χ4n) is 4.81. The van der Waals surface area contributed by atoms with Crippen LogP contribution in [0.15, 0.2) is 22.8 Å². The molecular formula is C19H27N3O4. The van der Waals surface area contributed by atoms with Crippen LogP contribution in [0.1, 0.15) is 43.2 Å². The molecule has 3 aliphatic rings. The maximum Gasteiger partial charge on any atom is 0.317 e. The van der Waals surface area contributed by atoms with Gasteiger partial charge in [0.1, 0.15) is 0 Å². The molecule has 4 rings (SSSR count). The maximum atomic E-state index is 12.4. The number of unbranched alkanes of at least 4 members (excludes halogenated alkanes) is 1. The zero-order valence-electron chi connectivity index (χ0n) is 15.2. The Balaban J connectivity index is 1.36. The number of fused-ring (bicyclic) bond motifs is 1. The highest BCUT2D eigenvalue weighted by Gasteiger charge is 2.63. The predicted octanol–water partition coefficient (Wildman–Crippen LogP) is 2.00. The van der Waals surface area contributed by atoms with E-state index in [0.29, 0.717) is 25.4 Å². The lowest BCUT2D eigenvalue weighted by molar-refractivity contribution is 0.00553. The van der Waals surface area contributed by atoms with E-state index in [9.17, 15) is 9.59 Å². The molecule has 3 amide bonds. The number of hydrogen-bond donors (Lipinski definition) is 2. The lowest BCUT2D eigenvalue weighted by Gasteiger charge is -2.29. The van der Waals surface area contributed by atoms with Crippen LogP contribution in [0.2, 0.25) is 0 Å². The van der Waals surface area contributed by atoms with Crippen LogP contribution < -0.4 is 10.6 Å². The third-order valence-electron chi connectivity index (χ3n) is 6.12. The van der Waals surface area contributed by atoms with E-state index in [0.717, 1.165) is 32.2 Å². The van der Waals surface area contributed by atoms with E-state index >= 15 is 0 Å².